The number of alkyl halides is 2. The number of nitrogens with zero attached hydrogens (tertiary/aromatic N) is 4. The van der Waals surface area contributed by atoms with Crippen LogP contribution < -0.4 is 15.4 Å². The van der Waals surface area contributed by atoms with Crippen LogP contribution in [0.15, 0.2) is 29.3 Å². The Balaban J connectivity index is 1.60. The summed E-state index contributed by atoms with van der Waals surface area (Å²) in [6, 6.07) is 7.23. The molecule has 0 fully saturated rings. The van der Waals surface area contributed by atoms with E-state index in [2.05, 4.69) is 25.7 Å². The molecule has 0 radical (unpaired) electrons. The second kappa shape index (κ2) is 10.9. The molecule has 0 saturated carbocycles. The van der Waals surface area contributed by atoms with Crippen molar-refractivity contribution in [2.45, 2.75) is 51.9 Å². The van der Waals surface area contributed by atoms with Crippen LogP contribution in [0.4, 0.5) is 8.78 Å². The SMILES string of the molecule is CCNC(=NCc1cccc(OCC(F)F)c1)NC1CCc2nc(COC)nn2C1. The van der Waals surface area contributed by atoms with Gasteiger partial charge in [-0.2, -0.15) is 5.10 Å². The molecule has 8 nitrogen and oxygen atoms in total. The number of rotatable bonds is 9. The van der Waals surface area contributed by atoms with E-state index < -0.39 is 13.0 Å². The molecule has 2 heterocycles. The van der Waals surface area contributed by atoms with Gasteiger partial charge in [0.15, 0.2) is 11.8 Å². The molecule has 1 aliphatic heterocycles. The third kappa shape index (κ3) is 6.38. The molecular formula is C20H28F2N6O2. The maximum Gasteiger partial charge on any atom is 0.272 e. The van der Waals surface area contributed by atoms with Gasteiger partial charge in [-0.25, -0.2) is 23.4 Å². The Morgan fingerprint density at radius 1 is 1.40 bits per heavy atom. The molecule has 0 spiro atoms. The molecule has 0 aliphatic carbocycles. The Morgan fingerprint density at radius 2 is 2.27 bits per heavy atom. The number of nitrogens with one attached hydrogen (secondary N) is 2. The van der Waals surface area contributed by atoms with Crippen molar-refractivity contribution in [2.75, 3.05) is 20.3 Å². The summed E-state index contributed by atoms with van der Waals surface area (Å²) in [5, 5.41) is 11.2. The van der Waals surface area contributed by atoms with Gasteiger partial charge in [-0.1, -0.05) is 12.1 Å². The number of hydrogen-bond donors (Lipinski definition) is 2. The normalized spacial score (nSPS) is 16.4. The largest absolute Gasteiger partial charge is 0.488 e. The van der Waals surface area contributed by atoms with Crippen LogP contribution in [-0.4, -0.2) is 53.5 Å². The molecule has 0 saturated heterocycles. The first-order chi connectivity index (χ1) is 14.6. The number of benzene rings is 1. The van der Waals surface area contributed by atoms with Crippen molar-refractivity contribution in [3.63, 3.8) is 0 Å². The first-order valence-electron chi connectivity index (χ1n) is 10.0. The Kier molecular flexibility index (Phi) is 7.95. The molecule has 2 aromatic rings. The maximum absolute atomic E-state index is 12.3. The van der Waals surface area contributed by atoms with Crippen LogP contribution in [0.5, 0.6) is 5.75 Å². The third-order valence-corrected chi connectivity index (χ3v) is 4.55. The average molecular weight is 422 g/mol. The highest BCUT2D eigenvalue weighted by Crippen LogP contribution is 2.16. The summed E-state index contributed by atoms with van der Waals surface area (Å²) in [5.74, 6) is 2.78. The molecule has 2 N–H and O–H groups in total. The summed E-state index contributed by atoms with van der Waals surface area (Å²) in [5.41, 5.74) is 0.880. The lowest BCUT2D eigenvalue weighted by Gasteiger charge is -2.25. The van der Waals surface area contributed by atoms with Crippen LogP contribution >= 0.6 is 0 Å². The lowest BCUT2D eigenvalue weighted by atomic mass is 10.1. The fourth-order valence-electron chi connectivity index (χ4n) is 3.25. The summed E-state index contributed by atoms with van der Waals surface area (Å²) >= 11 is 0. The van der Waals surface area contributed by atoms with E-state index in [0.29, 0.717) is 37.2 Å². The summed E-state index contributed by atoms with van der Waals surface area (Å²) in [4.78, 5) is 9.13. The van der Waals surface area contributed by atoms with Crippen LogP contribution in [0.3, 0.4) is 0 Å². The van der Waals surface area contributed by atoms with Gasteiger partial charge in [0.2, 0.25) is 0 Å². The fourth-order valence-corrected chi connectivity index (χ4v) is 3.25. The van der Waals surface area contributed by atoms with Crippen molar-refractivity contribution < 1.29 is 18.3 Å². The number of guanidine groups is 1. The zero-order valence-corrected chi connectivity index (χ0v) is 17.3. The number of methoxy groups -OCH3 is 1. The summed E-state index contributed by atoms with van der Waals surface area (Å²) in [6.45, 7) is 3.62. The summed E-state index contributed by atoms with van der Waals surface area (Å²) in [6.07, 6.45) is -0.744. The van der Waals surface area contributed by atoms with Crippen LogP contribution in [-0.2, 0) is 30.9 Å². The number of aliphatic imine (C=N–C) groups is 1. The third-order valence-electron chi connectivity index (χ3n) is 4.55. The zero-order valence-electron chi connectivity index (χ0n) is 17.3. The number of aromatic nitrogens is 3. The fraction of sp³-hybridized carbons (Fsp3) is 0.550. The highest BCUT2D eigenvalue weighted by atomic mass is 19.3. The Labute approximate surface area is 174 Å². The average Bonchev–Trinajstić information content (AvgIpc) is 3.13. The highest BCUT2D eigenvalue weighted by Gasteiger charge is 2.22. The van der Waals surface area contributed by atoms with Crippen molar-refractivity contribution in [1.82, 2.24) is 25.4 Å². The maximum atomic E-state index is 12.3. The molecular weight excluding hydrogens is 394 g/mol. The minimum absolute atomic E-state index is 0.174. The Bertz CT molecular complexity index is 842. The van der Waals surface area contributed by atoms with E-state index in [4.69, 9.17) is 9.47 Å². The summed E-state index contributed by atoms with van der Waals surface area (Å²) < 4.78 is 36.8. The lowest BCUT2D eigenvalue weighted by molar-refractivity contribution is 0.0818. The van der Waals surface area contributed by atoms with E-state index in [1.807, 2.05) is 17.7 Å². The van der Waals surface area contributed by atoms with E-state index in [0.717, 1.165) is 30.8 Å². The summed E-state index contributed by atoms with van der Waals surface area (Å²) in [7, 11) is 1.63. The predicted molar refractivity (Wildman–Crippen MR) is 109 cm³/mol. The molecule has 1 aromatic carbocycles. The van der Waals surface area contributed by atoms with Crippen LogP contribution in [0, 0.1) is 0 Å². The van der Waals surface area contributed by atoms with Gasteiger partial charge in [-0.3, -0.25) is 0 Å². The van der Waals surface area contributed by atoms with Crippen molar-refractivity contribution >= 4 is 5.96 Å². The Hall–Kier alpha value is -2.75. The second-order valence-corrected chi connectivity index (χ2v) is 6.98. The van der Waals surface area contributed by atoms with Crippen molar-refractivity contribution in [1.29, 1.82) is 0 Å². The van der Waals surface area contributed by atoms with Gasteiger partial charge in [0, 0.05) is 26.1 Å². The number of halogens is 2. The second-order valence-electron chi connectivity index (χ2n) is 6.98. The smallest absolute Gasteiger partial charge is 0.272 e. The van der Waals surface area contributed by atoms with Gasteiger partial charge in [0.05, 0.1) is 13.1 Å². The van der Waals surface area contributed by atoms with E-state index in [1.54, 1.807) is 25.3 Å². The quantitative estimate of drug-likeness (QED) is 0.476. The van der Waals surface area contributed by atoms with E-state index in [9.17, 15) is 8.78 Å². The number of ether oxygens (including phenoxy) is 2. The van der Waals surface area contributed by atoms with Gasteiger partial charge < -0.3 is 20.1 Å². The van der Waals surface area contributed by atoms with Gasteiger partial charge in [-0.05, 0) is 31.0 Å². The van der Waals surface area contributed by atoms with Gasteiger partial charge in [0.25, 0.3) is 6.43 Å². The van der Waals surface area contributed by atoms with E-state index in [-0.39, 0.29) is 6.04 Å². The van der Waals surface area contributed by atoms with E-state index >= 15 is 0 Å². The monoisotopic (exact) mass is 422 g/mol. The predicted octanol–water partition coefficient (Wildman–Crippen LogP) is 2.14. The van der Waals surface area contributed by atoms with Gasteiger partial charge >= 0.3 is 0 Å². The van der Waals surface area contributed by atoms with Crippen LogP contribution in [0.25, 0.3) is 0 Å². The lowest BCUT2D eigenvalue weighted by Crippen LogP contribution is -2.47. The standard InChI is InChI=1S/C20H28F2N6O2/c1-3-23-20(24-10-14-5-4-6-16(9-14)30-12-17(21)22)25-15-7-8-19-26-18(13-29-2)27-28(19)11-15/h4-6,9,15,17H,3,7-8,10-13H2,1-2H3,(H2,23,24,25). The number of aryl methyl sites for hydroxylation is 1. The molecule has 1 aromatic heterocycles. The molecule has 1 aliphatic rings. The molecule has 1 unspecified atom stereocenters. The van der Waals surface area contributed by atoms with Gasteiger partial charge in [0.1, 0.15) is 24.8 Å². The van der Waals surface area contributed by atoms with E-state index in [1.165, 1.54) is 0 Å². The molecule has 164 valence electrons. The first-order valence-corrected chi connectivity index (χ1v) is 10.0. The molecule has 3 rings (SSSR count). The van der Waals surface area contributed by atoms with Crippen molar-refractivity contribution in [3.8, 4) is 5.75 Å². The molecule has 1 atom stereocenters. The van der Waals surface area contributed by atoms with Gasteiger partial charge in [-0.15, -0.1) is 0 Å². The Morgan fingerprint density at radius 3 is 3.03 bits per heavy atom. The first kappa shape index (κ1) is 21.9. The minimum atomic E-state index is -2.50. The minimum Gasteiger partial charge on any atom is -0.488 e. The number of fused-ring (bicyclic) bond motifs is 1. The molecule has 0 amide bonds. The van der Waals surface area contributed by atoms with Crippen LogP contribution in [0.1, 0.15) is 30.6 Å². The topological polar surface area (TPSA) is 85.6 Å². The molecule has 10 heteroatoms. The van der Waals surface area contributed by atoms with Crippen LogP contribution in [0.2, 0.25) is 0 Å². The zero-order chi connectivity index (χ0) is 21.3. The highest BCUT2D eigenvalue weighted by molar-refractivity contribution is 5.80. The number of hydrogen-bond acceptors (Lipinski definition) is 5. The van der Waals surface area contributed by atoms with Crippen molar-refractivity contribution in [3.05, 3.63) is 41.5 Å². The molecule has 0 bridgehead atoms. The molecule has 30 heavy (non-hydrogen) atoms. The van der Waals surface area contributed by atoms with Crippen molar-refractivity contribution in [2.24, 2.45) is 4.99 Å².